The van der Waals surface area contributed by atoms with Crippen LogP contribution in [-0.4, -0.2) is 9.54 Å². The van der Waals surface area contributed by atoms with Crippen LogP contribution in [0.1, 0.15) is 93.7 Å². The zero-order chi connectivity index (χ0) is 25.3. The summed E-state index contributed by atoms with van der Waals surface area (Å²) in [5, 5.41) is 0. The van der Waals surface area contributed by atoms with Crippen LogP contribution < -0.4 is 4.90 Å². The Bertz CT molecular complexity index is 1120. The molecule has 0 radical (unpaired) electrons. The van der Waals surface area contributed by atoms with Crippen molar-refractivity contribution in [2.75, 3.05) is 4.90 Å². The van der Waals surface area contributed by atoms with Crippen molar-refractivity contribution in [3.8, 4) is 0 Å². The third kappa shape index (κ3) is 4.81. The van der Waals surface area contributed by atoms with E-state index in [1.807, 2.05) is 0 Å². The summed E-state index contributed by atoms with van der Waals surface area (Å²) in [5.41, 5.74) is 12.3. The number of para-hydroxylation sites is 1. The topological polar surface area (TPSA) is 6.48 Å². The molecule has 2 aliphatic rings. The van der Waals surface area contributed by atoms with E-state index in [0.717, 1.165) is 19.3 Å². The van der Waals surface area contributed by atoms with Crippen LogP contribution in [0, 0.1) is 0 Å². The average molecular weight is 582 g/mol. The van der Waals surface area contributed by atoms with E-state index in [1.54, 1.807) is 0 Å². The summed E-state index contributed by atoms with van der Waals surface area (Å²) in [5.74, 6) is 0.875. The van der Waals surface area contributed by atoms with Gasteiger partial charge in [0.05, 0.1) is 0 Å². The first-order valence-electron chi connectivity index (χ1n) is 13.0. The van der Waals surface area contributed by atoms with Gasteiger partial charge in [-0.25, -0.2) is 0 Å². The summed E-state index contributed by atoms with van der Waals surface area (Å²) >= 11 is -0.00496. The van der Waals surface area contributed by atoms with E-state index >= 15 is 0 Å². The Morgan fingerprint density at radius 1 is 0.914 bits per heavy atom. The normalized spacial score (nSPS) is 17.5. The molecule has 2 heterocycles. The fourth-order valence-corrected chi connectivity index (χ4v) is 7.20. The van der Waals surface area contributed by atoms with Crippen LogP contribution in [0.25, 0.3) is 5.70 Å². The van der Waals surface area contributed by atoms with E-state index in [1.165, 1.54) is 50.5 Å². The quantitative estimate of drug-likeness (QED) is 0.288. The summed E-state index contributed by atoms with van der Waals surface area (Å²) in [6, 6.07) is 11.6. The van der Waals surface area contributed by atoms with Crippen molar-refractivity contribution in [1.82, 2.24) is 4.90 Å². The molecular weight excluding hydrogens is 542 g/mol. The molecule has 4 heteroatoms. The molecule has 0 fully saturated rings. The van der Waals surface area contributed by atoms with Crippen molar-refractivity contribution < 1.29 is 17.0 Å². The van der Waals surface area contributed by atoms with Crippen LogP contribution in [0.3, 0.4) is 0 Å². The number of fused-ring (bicyclic) bond motifs is 1. The second-order valence-corrected chi connectivity index (χ2v) is 12.0. The predicted molar refractivity (Wildman–Crippen MR) is 148 cm³/mol. The van der Waals surface area contributed by atoms with Gasteiger partial charge in [0.2, 0.25) is 0 Å². The molecular formula is C31H39ClN2Pd. The first-order chi connectivity index (χ1) is 16.9. The number of anilines is 1. The molecule has 2 aromatic carbocycles. The summed E-state index contributed by atoms with van der Waals surface area (Å²) in [6.07, 6.45) is 12.2. The molecule has 0 saturated heterocycles. The van der Waals surface area contributed by atoms with Crippen LogP contribution >= 0.6 is 9.53 Å². The Balaban J connectivity index is 1.88. The van der Waals surface area contributed by atoms with E-state index < -0.39 is 0 Å². The van der Waals surface area contributed by atoms with Gasteiger partial charge in [0.1, 0.15) is 0 Å². The van der Waals surface area contributed by atoms with Gasteiger partial charge in [-0.15, -0.1) is 0 Å². The Morgan fingerprint density at radius 2 is 1.51 bits per heavy atom. The molecule has 0 aliphatic carbocycles. The predicted octanol–water partition coefficient (Wildman–Crippen LogP) is 8.71. The zero-order valence-electron chi connectivity index (χ0n) is 22.1. The van der Waals surface area contributed by atoms with Crippen molar-refractivity contribution in [1.29, 1.82) is 0 Å². The van der Waals surface area contributed by atoms with Gasteiger partial charge >= 0.3 is 226 Å². The van der Waals surface area contributed by atoms with Crippen molar-refractivity contribution in [3.63, 3.8) is 0 Å². The molecule has 2 aliphatic heterocycles. The van der Waals surface area contributed by atoms with Gasteiger partial charge in [-0.1, -0.05) is 0 Å². The maximum absolute atomic E-state index is 6.87. The minimum atomic E-state index is -0.00496. The molecule has 4 rings (SSSR count). The minimum absolute atomic E-state index is 0.00496. The van der Waals surface area contributed by atoms with Crippen LogP contribution in [0.2, 0.25) is 0 Å². The van der Waals surface area contributed by atoms with Gasteiger partial charge in [-0.3, -0.25) is 0 Å². The zero-order valence-corrected chi connectivity index (χ0v) is 24.4. The SMILES string of the molecule is CCc1cc(CC)c(C2=CC=CC3=CN(c4c(C(C)C)cccc4C(C)C)[CH]([Pd][Cl])N32)c(CC)c1. The number of aryl methyl sites for hydroxylation is 3. The maximum atomic E-state index is 6.87. The van der Waals surface area contributed by atoms with Gasteiger partial charge in [0.25, 0.3) is 0 Å². The van der Waals surface area contributed by atoms with E-state index in [2.05, 4.69) is 113 Å². The number of hydrogen-bond donors (Lipinski definition) is 0. The van der Waals surface area contributed by atoms with E-state index in [4.69, 9.17) is 9.53 Å². The second-order valence-electron chi connectivity index (χ2n) is 10.0. The molecule has 35 heavy (non-hydrogen) atoms. The number of rotatable bonds is 8. The number of benzene rings is 2. The average Bonchev–Trinajstić information content (AvgIpc) is 3.25. The number of allylic oxidation sites excluding steroid dienone is 3. The van der Waals surface area contributed by atoms with Gasteiger partial charge < -0.3 is 0 Å². The van der Waals surface area contributed by atoms with Crippen LogP contribution in [-0.2, 0) is 36.2 Å². The molecule has 2 nitrogen and oxygen atoms in total. The summed E-state index contributed by atoms with van der Waals surface area (Å²) < 4.78 is 0.0783. The molecule has 0 saturated carbocycles. The molecule has 0 amide bonds. The second kappa shape index (κ2) is 11.1. The van der Waals surface area contributed by atoms with Crippen LogP contribution in [0.5, 0.6) is 0 Å². The number of halogens is 1. The van der Waals surface area contributed by atoms with Gasteiger partial charge in [0, 0.05) is 0 Å². The van der Waals surface area contributed by atoms with Crippen molar-refractivity contribution in [2.45, 2.75) is 84.2 Å². The Labute approximate surface area is 224 Å². The molecule has 0 aromatic heterocycles. The summed E-state index contributed by atoms with van der Waals surface area (Å²) in [7, 11) is 6.87. The van der Waals surface area contributed by atoms with Gasteiger partial charge in [0.15, 0.2) is 0 Å². The number of hydrogen-bond acceptors (Lipinski definition) is 2. The molecule has 1 atom stereocenters. The van der Waals surface area contributed by atoms with Gasteiger partial charge in [-0.05, 0) is 0 Å². The molecule has 190 valence electrons. The standard InChI is InChI=1S/C31H39N2.ClH.Pd/c1-8-23-17-24(9-2)30(25(10-3)18-23)29-16-11-13-26-19-32(20-33(26)29)31-27(21(4)5)14-12-15-28(31)22(6)7;;/h11-22H,8-10H2,1-7H3;1H;/q;;+1/p-1. The molecule has 0 spiro atoms. The van der Waals surface area contributed by atoms with E-state index in [9.17, 15) is 0 Å². The third-order valence-corrected chi connectivity index (χ3v) is 9.06. The van der Waals surface area contributed by atoms with E-state index in [-0.39, 0.29) is 21.6 Å². The first kappa shape index (κ1) is 26.3. The summed E-state index contributed by atoms with van der Waals surface area (Å²) in [4.78, 5) is 4.98. The fourth-order valence-electron chi connectivity index (χ4n) is 5.36. The summed E-state index contributed by atoms with van der Waals surface area (Å²) in [6.45, 7) is 16.0. The van der Waals surface area contributed by atoms with Crippen LogP contribution in [0.4, 0.5) is 5.69 Å². The van der Waals surface area contributed by atoms with Gasteiger partial charge in [-0.2, -0.15) is 0 Å². The van der Waals surface area contributed by atoms with Crippen molar-refractivity contribution in [3.05, 3.63) is 93.8 Å². The van der Waals surface area contributed by atoms with Crippen molar-refractivity contribution in [2.24, 2.45) is 0 Å². The molecule has 2 aromatic rings. The Kier molecular flexibility index (Phi) is 8.32. The third-order valence-electron chi connectivity index (χ3n) is 7.19. The molecule has 0 N–H and O–H groups in total. The fraction of sp³-hybridized carbons (Fsp3) is 0.419. The van der Waals surface area contributed by atoms with Crippen molar-refractivity contribution >= 4 is 20.9 Å². The monoisotopic (exact) mass is 580 g/mol. The molecule has 0 bridgehead atoms. The first-order valence-corrected chi connectivity index (χ1v) is 15.9. The Hall–Kier alpha value is -1.79. The van der Waals surface area contributed by atoms with E-state index in [0.29, 0.717) is 11.8 Å². The Morgan fingerprint density at radius 3 is 2.00 bits per heavy atom. The number of nitrogens with zero attached hydrogens (tertiary/aromatic N) is 2. The van der Waals surface area contributed by atoms with Crippen LogP contribution in [0.15, 0.2) is 60.5 Å². The molecule has 1 unspecified atom stereocenters.